The molecule has 0 aliphatic carbocycles. The number of ether oxygens (including phenoxy) is 2. The number of carbonyl (C=O) groups excluding carboxylic acids is 4. The maximum atomic E-state index is 12.7. The van der Waals surface area contributed by atoms with Crippen molar-refractivity contribution in [3.8, 4) is 11.3 Å². The van der Waals surface area contributed by atoms with E-state index in [0.29, 0.717) is 32.0 Å². The monoisotopic (exact) mass is 758 g/mol. The number of anilines is 2. The second kappa shape index (κ2) is 21.6. The van der Waals surface area contributed by atoms with Crippen LogP contribution in [-0.4, -0.2) is 130 Å². The Hall–Kier alpha value is -6.06. The lowest BCUT2D eigenvalue weighted by atomic mass is 10.1. The molecule has 16 nitrogen and oxygen atoms in total. The lowest BCUT2D eigenvalue weighted by Crippen LogP contribution is -2.46. The third-order valence-corrected chi connectivity index (χ3v) is 9.05. The van der Waals surface area contributed by atoms with E-state index < -0.39 is 12.2 Å². The Labute approximate surface area is 322 Å². The third-order valence-electron chi connectivity index (χ3n) is 9.05. The molecule has 1 aliphatic rings. The average molecular weight is 759 g/mol. The van der Waals surface area contributed by atoms with Crippen LogP contribution in [0.4, 0.5) is 21.0 Å². The van der Waals surface area contributed by atoms with Crippen LogP contribution in [0.5, 0.6) is 0 Å². The summed E-state index contributed by atoms with van der Waals surface area (Å²) in [5.41, 5.74) is 6.02. The van der Waals surface area contributed by atoms with Gasteiger partial charge >= 0.3 is 12.2 Å². The van der Waals surface area contributed by atoms with Gasteiger partial charge in [0.05, 0.1) is 51.1 Å². The molecule has 4 N–H and O–H groups in total. The summed E-state index contributed by atoms with van der Waals surface area (Å²) in [4.78, 5) is 68.2. The number of H-pyrrole nitrogens is 1. The zero-order valence-corrected chi connectivity index (χ0v) is 32.5. The minimum absolute atomic E-state index is 0.131. The molecule has 16 heteroatoms. The molecule has 4 rings (SSSR count). The van der Waals surface area contributed by atoms with Crippen molar-refractivity contribution in [2.24, 2.45) is 4.99 Å². The zero-order chi connectivity index (χ0) is 39.6. The number of aromatic nitrogens is 2. The molecule has 0 bridgehead atoms. The normalized spacial score (nSPS) is 13.0. The van der Waals surface area contributed by atoms with Crippen molar-refractivity contribution in [3.63, 3.8) is 0 Å². The topological polar surface area (TPSA) is 177 Å². The molecule has 0 spiro atoms. The number of aliphatic imine (C=N–C) groups is 1. The first-order valence-electron chi connectivity index (χ1n) is 18.5. The predicted octanol–water partition coefficient (Wildman–Crippen LogP) is 3.68. The van der Waals surface area contributed by atoms with Gasteiger partial charge in [-0.1, -0.05) is 38.1 Å². The number of carbonyl (C=O) groups is 4. The van der Waals surface area contributed by atoms with Gasteiger partial charge in [0, 0.05) is 63.9 Å². The number of nitrogens with one attached hydrogen (secondary N) is 4. The molecular formula is C39H54N10O6. The molecule has 1 saturated heterocycles. The van der Waals surface area contributed by atoms with Crippen LogP contribution in [0.3, 0.4) is 0 Å². The van der Waals surface area contributed by atoms with Crippen molar-refractivity contribution in [1.82, 2.24) is 35.7 Å². The number of hydrogen-bond donors (Lipinski definition) is 4. The Morgan fingerprint density at radius 3 is 1.87 bits per heavy atom. The minimum Gasteiger partial charge on any atom is -0.453 e. The van der Waals surface area contributed by atoms with Crippen molar-refractivity contribution in [2.75, 3.05) is 90.0 Å². The summed E-state index contributed by atoms with van der Waals surface area (Å²) in [7, 11) is 4.37. The highest BCUT2D eigenvalue weighted by molar-refractivity contribution is 5.84. The number of benzene rings is 2. The van der Waals surface area contributed by atoms with E-state index in [1.165, 1.54) is 14.2 Å². The molecule has 0 unspecified atom stereocenters. The summed E-state index contributed by atoms with van der Waals surface area (Å²) in [6, 6.07) is 16.8. The van der Waals surface area contributed by atoms with Crippen LogP contribution in [0, 0.1) is 0 Å². The molecule has 0 radical (unpaired) electrons. The molecule has 1 fully saturated rings. The van der Waals surface area contributed by atoms with Crippen molar-refractivity contribution in [1.29, 1.82) is 0 Å². The third kappa shape index (κ3) is 12.5. The van der Waals surface area contributed by atoms with Gasteiger partial charge in [-0.3, -0.25) is 14.6 Å². The van der Waals surface area contributed by atoms with Crippen molar-refractivity contribution < 1.29 is 28.7 Å². The molecule has 3 aromatic rings. The minimum atomic E-state index is -0.643. The number of methoxy groups -OCH3 is 2. The quantitative estimate of drug-likeness (QED) is 0.140. The number of nitrogens with zero attached hydrogens (tertiary/aromatic N) is 6. The highest BCUT2D eigenvalue weighted by Crippen LogP contribution is 2.25. The standard InChI is InChI=1S/C39H54N10O6/c1-6-17-48(36(50)26-43-38(52)54-4)19-16-41-24-33(40-3)29-8-12-31(13-9-29)46-20-22-47(23-21-46)32-14-10-30(11-15-32)34-25-42-35(45-34)28-49(18-7-2)37(51)27-44-39(53)55-5/h8-16,24-25,40H,6-7,17-23,26-28H2,1-5H3,(H,42,45)(H,43,52)(H,44,53)/b33-24-,41-16+. The molecular weight excluding hydrogens is 704 g/mol. The van der Waals surface area contributed by atoms with Crippen LogP contribution < -0.4 is 25.8 Å². The maximum Gasteiger partial charge on any atom is 0.407 e. The van der Waals surface area contributed by atoms with Crippen LogP contribution in [0.1, 0.15) is 38.1 Å². The first-order chi connectivity index (χ1) is 26.7. The molecule has 2 heterocycles. The first-order valence-corrected chi connectivity index (χ1v) is 18.5. The second-order valence-corrected chi connectivity index (χ2v) is 12.8. The predicted molar refractivity (Wildman–Crippen MR) is 214 cm³/mol. The van der Waals surface area contributed by atoms with Gasteiger partial charge in [-0.25, -0.2) is 14.6 Å². The van der Waals surface area contributed by atoms with Crippen molar-refractivity contribution >= 4 is 47.3 Å². The van der Waals surface area contributed by atoms with E-state index in [2.05, 4.69) is 98.7 Å². The van der Waals surface area contributed by atoms with E-state index in [1.807, 2.05) is 20.9 Å². The summed E-state index contributed by atoms with van der Waals surface area (Å²) in [5.74, 6) is 0.255. The summed E-state index contributed by atoms with van der Waals surface area (Å²) in [6.45, 7) is 8.98. The fourth-order valence-corrected chi connectivity index (χ4v) is 6.07. The summed E-state index contributed by atoms with van der Waals surface area (Å²) in [5, 5.41) is 8.08. The van der Waals surface area contributed by atoms with Crippen LogP contribution >= 0.6 is 0 Å². The molecule has 55 heavy (non-hydrogen) atoms. The van der Waals surface area contributed by atoms with Gasteiger partial charge < -0.3 is 50.0 Å². The fraction of sp³-hybridized carbons (Fsp3) is 0.436. The van der Waals surface area contributed by atoms with Gasteiger partial charge in [0.2, 0.25) is 11.8 Å². The molecule has 4 amide bonds. The van der Waals surface area contributed by atoms with Gasteiger partial charge in [0.1, 0.15) is 18.9 Å². The highest BCUT2D eigenvalue weighted by Gasteiger charge is 2.19. The van der Waals surface area contributed by atoms with Crippen LogP contribution in [-0.2, 0) is 25.6 Å². The number of piperazine rings is 1. The molecule has 1 aromatic heterocycles. The Kier molecular flexibility index (Phi) is 16.4. The van der Waals surface area contributed by atoms with Gasteiger partial charge in [-0.2, -0.15) is 0 Å². The molecule has 296 valence electrons. The number of rotatable bonds is 18. The van der Waals surface area contributed by atoms with Crippen LogP contribution in [0.2, 0.25) is 0 Å². The van der Waals surface area contributed by atoms with Gasteiger partial charge in [0.25, 0.3) is 0 Å². The van der Waals surface area contributed by atoms with Crippen molar-refractivity contribution in [2.45, 2.75) is 33.2 Å². The second-order valence-electron chi connectivity index (χ2n) is 12.8. The molecule has 1 aliphatic heterocycles. The Morgan fingerprint density at radius 2 is 1.35 bits per heavy atom. The number of amides is 4. The zero-order valence-electron chi connectivity index (χ0n) is 32.5. The lowest BCUT2D eigenvalue weighted by molar-refractivity contribution is -0.131. The number of imidazole rings is 1. The van der Waals surface area contributed by atoms with E-state index in [9.17, 15) is 19.2 Å². The Bertz CT molecular complexity index is 1750. The first kappa shape index (κ1) is 41.7. The average Bonchev–Trinajstić information content (AvgIpc) is 3.69. The van der Waals surface area contributed by atoms with Gasteiger partial charge in [-0.05, 0) is 48.2 Å². The maximum absolute atomic E-state index is 12.7. The molecule has 0 atom stereocenters. The van der Waals surface area contributed by atoms with E-state index in [-0.39, 0.29) is 24.9 Å². The molecule has 0 saturated carbocycles. The Balaban J connectivity index is 1.28. The van der Waals surface area contributed by atoms with E-state index in [4.69, 9.17) is 0 Å². The summed E-state index contributed by atoms with van der Waals surface area (Å²) in [6.07, 6.45) is 5.48. The highest BCUT2D eigenvalue weighted by atomic mass is 16.5. The van der Waals surface area contributed by atoms with Gasteiger partial charge in [-0.15, -0.1) is 0 Å². The van der Waals surface area contributed by atoms with E-state index in [1.54, 1.807) is 28.4 Å². The fourth-order valence-electron chi connectivity index (χ4n) is 6.07. The van der Waals surface area contributed by atoms with Crippen LogP contribution in [0.15, 0.2) is 65.9 Å². The van der Waals surface area contributed by atoms with Crippen molar-refractivity contribution in [3.05, 3.63) is 72.3 Å². The SMILES string of the molecule is CCCN(C/C=N/C=C(\NC)c1ccc(N2CCN(c3ccc(-c4cnc(CN(CCC)C(=O)CNC(=O)OC)[nH]4)cc3)CC2)cc1)C(=O)CNC(=O)OC. The largest absolute Gasteiger partial charge is 0.453 e. The summed E-state index contributed by atoms with van der Waals surface area (Å²) >= 11 is 0. The van der Waals surface area contributed by atoms with Gasteiger partial charge in [0.15, 0.2) is 0 Å². The molecule has 2 aromatic carbocycles. The number of alkyl carbamates (subject to hydrolysis) is 2. The smallest absolute Gasteiger partial charge is 0.407 e. The Morgan fingerprint density at radius 1 is 0.818 bits per heavy atom. The number of aromatic amines is 1. The number of hydrogen-bond acceptors (Lipinski definition) is 11. The van der Waals surface area contributed by atoms with E-state index in [0.717, 1.165) is 72.9 Å². The van der Waals surface area contributed by atoms with Crippen LogP contribution in [0.25, 0.3) is 17.0 Å². The van der Waals surface area contributed by atoms with E-state index >= 15 is 0 Å². The summed E-state index contributed by atoms with van der Waals surface area (Å²) < 4.78 is 9.10. The lowest BCUT2D eigenvalue weighted by Gasteiger charge is -2.37.